The average molecular weight is 400 g/mol. The predicted octanol–water partition coefficient (Wildman–Crippen LogP) is 4.62. The van der Waals surface area contributed by atoms with E-state index in [9.17, 15) is 9.18 Å². The number of hydrogen-bond donors (Lipinski definition) is 1. The minimum atomic E-state index is -0.371. The fourth-order valence-corrected chi connectivity index (χ4v) is 3.09. The maximum atomic E-state index is 13.4. The van der Waals surface area contributed by atoms with E-state index in [2.05, 4.69) is 15.4 Å². The van der Waals surface area contributed by atoms with Crippen molar-refractivity contribution >= 4 is 5.91 Å². The number of hydrogen-bond acceptors (Lipinski definition) is 3. The summed E-state index contributed by atoms with van der Waals surface area (Å²) in [7, 11) is 0. The van der Waals surface area contributed by atoms with Crippen LogP contribution in [0.25, 0.3) is 17.1 Å². The van der Waals surface area contributed by atoms with Crippen molar-refractivity contribution < 1.29 is 9.18 Å². The minimum Gasteiger partial charge on any atom is -0.345 e. The Morgan fingerprint density at radius 2 is 1.70 bits per heavy atom. The van der Waals surface area contributed by atoms with Crippen LogP contribution in [0.5, 0.6) is 0 Å². The second-order valence-corrected chi connectivity index (χ2v) is 7.11. The molecule has 0 aliphatic heterocycles. The van der Waals surface area contributed by atoms with Gasteiger partial charge in [-0.05, 0) is 66.9 Å². The topological polar surface area (TPSA) is 59.8 Å². The van der Waals surface area contributed by atoms with Crippen LogP contribution in [-0.4, -0.2) is 20.7 Å². The average Bonchev–Trinajstić information content (AvgIpc) is 3.21. The van der Waals surface area contributed by atoms with Gasteiger partial charge in [-0.2, -0.15) is 0 Å². The summed E-state index contributed by atoms with van der Waals surface area (Å²) in [4.78, 5) is 17.2. The largest absolute Gasteiger partial charge is 0.345 e. The summed E-state index contributed by atoms with van der Waals surface area (Å²) in [6, 6.07) is 21.5. The zero-order chi connectivity index (χ0) is 21.1. The van der Waals surface area contributed by atoms with E-state index in [0.29, 0.717) is 17.9 Å². The Hall–Kier alpha value is -3.80. The molecule has 30 heavy (non-hydrogen) atoms. The number of aromatic nitrogens is 3. The first-order chi connectivity index (χ1) is 14.5. The molecule has 6 heteroatoms. The van der Waals surface area contributed by atoms with Gasteiger partial charge in [-0.15, -0.1) is 5.10 Å². The number of nitrogens with one attached hydrogen (secondary N) is 1. The summed E-state index contributed by atoms with van der Waals surface area (Å²) in [5.74, 6) is -0.173. The Labute approximate surface area is 174 Å². The normalized spacial score (nSPS) is 10.8. The van der Waals surface area contributed by atoms with E-state index in [1.54, 1.807) is 16.8 Å². The Bertz CT molecular complexity index is 1180. The van der Waals surface area contributed by atoms with Crippen LogP contribution in [0.1, 0.15) is 27.3 Å². The third-order valence-electron chi connectivity index (χ3n) is 4.94. The molecule has 1 amide bonds. The summed E-state index contributed by atoms with van der Waals surface area (Å²) >= 11 is 0. The van der Waals surface area contributed by atoms with Crippen LogP contribution < -0.4 is 5.32 Å². The highest BCUT2D eigenvalue weighted by molar-refractivity contribution is 5.91. The smallest absolute Gasteiger partial charge is 0.291 e. The van der Waals surface area contributed by atoms with Crippen LogP contribution in [-0.2, 0) is 6.54 Å². The lowest BCUT2D eigenvalue weighted by Gasteiger charge is -2.08. The van der Waals surface area contributed by atoms with E-state index >= 15 is 0 Å². The van der Waals surface area contributed by atoms with Crippen molar-refractivity contribution in [3.05, 3.63) is 101 Å². The summed E-state index contributed by atoms with van der Waals surface area (Å²) in [6.07, 6.45) is 0. The molecular weight excluding hydrogens is 379 g/mol. The molecule has 1 aromatic heterocycles. The van der Waals surface area contributed by atoms with Gasteiger partial charge in [0.1, 0.15) is 5.82 Å². The lowest BCUT2D eigenvalue weighted by atomic mass is 10.1. The predicted molar refractivity (Wildman–Crippen MR) is 114 cm³/mol. The maximum Gasteiger partial charge on any atom is 0.291 e. The molecule has 5 nitrogen and oxygen atoms in total. The van der Waals surface area contributed by atoms with Crippen LogP contribution >= 0.6 is 0 Å². The fourth-order valence-electron chi connectivity index (χ4n) is 3.09. The van der Waals surface area contributed by atoms with E-state index in [0.717, 1.165) is 22.4 Å². The molecule has 0 saturated heterocycles. The molecule has 0 saturated carbocycles. The number of carbonyl (C=O) groups excluding carboxylic acids is 1. The molecule has 4 rings (SSSR count). The Balaban J connectivity index is 1.70. The molecule has 0 bridgehead atoms. The van der Waals surface area contributed by atoms with Gasteiger partial charge in [0.15, 0.2) is 5.82 Å². The molecule has 1 heterocycles. The van der Waals surface area contributed by atoms with Gasteiger partial charge in [-0.25, -0.2) is 14.1 Å². The van der Waals surface area contributed by atoms with Crippen molar-refractivity contribution in [3.8, 4) is 17.1 Å². The highest BCUT2D eigenvalue weighted by Crippen LogP contribution is 2.23. The van der Waals surface area contributed by atoms with E-state index in [-0.39, 0.29) is 17.5 Å². The molecule has 150 valence electrons. The van der Waals surface area contributed by atoms with Gasteiger partial charge in [0.2, 0.25) is 5.82 Å². The molecule has 3 aromatic carbocycles. The first kappa shape index (κ1) is 19.5. The van der Waals surface area contributed by atoms with Gasteiger partial charge in [0, 0.05) is 12.1 Å². The molecule has 4 aromatic rings. The number of halogens is 1. The highest BCUT2D eigenvalue weighted by atomic mass is 19.1. The van der Waals surface area contributed by atoms with E-state index < -0.39 is 0 Å². The summed E-state index contributed by atoms with van der Waals surface area (Å²) in [6.45, 7) is 4.42. The van der Waals surface area contributed by atoms with Crippen LogP contribution in [0.2, 0.25) is 0 Å². The van der Waals surface area contributed by atoms with Gasteiger partial charge in [0.05, 0.1) is 5.69 Å². The zero-order valence-electron chi connectivity index (χ0n) is 16.8. The molecule has 0 radical (unpaired) electrons. The molecule has 1 N–H and O–H groups in total. The molecule has 0 atom stereocenters. The molecule has 0 fully saturated rings. The summed E-state index contributed by atoms with van der Waals surface area (Å²) < 4.78 is 15.0. The van der Waals surface area contributed by atoms with E-state index in [4.69, 9.17) is 0 Å². The number of benzene rings is 3. The monoisotopic (exact) mass is 400 g/mol. The second-order valence-electron chi connectivity index (χ2n) is 7.11. The molecule has 0 aliphatic rings. The standard InChI is InChI=1S/C24H21FN4O/c1-16-8-13-21(14-17(16)2)29-23(19-9-11-20(25)12-10-19)27-22(28-29)24(30)26-15-18-6-4-3-5-7-18/h3-14H,15H2,1-2H3,(H,26,30). The molecule has 0 aliphatic carbocycles. The van der Waals surface area contributed by atoms with Crippen molar-refractivity contribution in [3.63, 3.8) is 0 Å². The number of carbonyl (C=O) groups is 1. The number of aryl methyl sites for hydroxylation is 2. The maximum absolute atomic E-state index is 13.4. The van der Waals surface area contributed by atoms with Gasteiger partial charge < -0.3 is 5.32 Å². The van der Waals surface area contributed by atoms with Crippen LogP contribution in [0, 0.1) is 19.7 Å². The van der Waals surface area contributed by atoms with Crippen molar-refractivity contribution in [2.75, 3.05) is 0 Å². The van der Waals surface area contributed by atoms with Crippen LogP contribution in [0.3, 0.4) is 0 Å². The lowest BCUT2D eigenvalue weighted by Crippen LogP contribution is -2.24. The lowest BCUT2D eigenvalue weighted by molar-refractivity contribution is 0.0940. The zero-order valence-corrected chi connectivity index (χ0v) is 16.8. The van der Waals surface area contributed by atoms with Crippen LogP contribution in [0.15, 0.2) is 72.8 Å². The van der Waals surface area contributed by atoms with Gasteiger partial charge in [-0.1, -0.05) is 36.4 Å². The van der Waals surface area contributed by atoms with Crippen molar-refractivity contribution in [2.24, 2.45) is 0 Å². The summed E-state index contributed by atoms with van der Waals surface area (Å²) in [5.41, 5.74) is 4.70. The van der Waals surface area contributed by atoms with Crippen molar-refractivity contribution in [2.45, 2.75) is 20.4 Å². The molecule has 0 spiro atoms. The minimum absolute atomic E-state index is 0.0588. The first-order valence-electron chi connectivity index (χ1n) is 9.64. The van der Waals surface area contributed by atoms with Gasteiger partial charge in [0.25, 0.3) is 5.91 Å². The third-order valence-corrected chi connectivity index (χ3v) is 4.94. The van der Waals surface area contributed by atoms with E-state index in [1.165, 1.54) is 12.1 Å². The van der Waals surface area contributed by atoms with Gasteiger partial charge >= 0.3 is 0 Å². The number of rotatable bonds is 5. The second kappa shape index (κ2) is 8.29. The Morgan fingerprint density at radius 1 is 0.967 bits per heavy atom. The number of nitrogens with zero attached hydrogens (tertiary/aromatic N) is 3. The highest BCUT2D eigenvalue weighted by Gasteiger charge is 2.19. The quantitative estimate of drug-likeness (QED) is 0.532. The van der Waals surface area contributed by atoms with Crippen molar-refractivity contribution in [1.82, 2.24) is 20.1 Å². The van der Waals surface area contributed by atoms with E-state index in [1.807, 2.05) is 62.4 Å². The molecule has 0 unspecified atom stereocenters. The summed E-state index contributed by atoms with van der Waals surface area (Å²) in [5, 5.41) is 7.31. The SMILES string of the molecule is Cc1ccc(-n2nc(C(=O)NCc3ccccc3)nc2-c2ccc(F)cc2)cc1C. The third kappa shape index (κ3) is 4.12. The first-order valence-corrected chi connectivity index (χ1v) is 9.64. The number of amides is 1. The van der Waals surface area contributed by atoms with Crippen LogP contribution in [0.4, 0.5) is 4.39 Å². The van der Waals surface area contributed by atoms with Gasteiger partial charge in [-0.3, -0.25) is 4.79 Å². The van der Waals surface area contributed by atoms with Crippen molar-refractivity contribution in [1.29, 1.82) is 0 Å². The molecular formula is C24H21FN4O. The Kier molecular flexibility index (Phi) is 5.39. The Morgan fingerprint density at radius 3 is 2.40 bits per heavy atom. The fraction of sp³-hybridized carbons (Fsp3) is 0.125.